The molecule has 1 aromatic carbocycles. The van der Waals surface area contributed by atoms with Crippen molar-refractivity contribution in [1.29, 1.82) is 0 Å². The number of benzene rings is 1. The van der Waals surface area contributed by atoms with E-state index in [0.717, 1.165) is 6.42 Å². The lowest BCUT2D eigenvalue weighted by atomic mass is 10.0. The zero-order chi connectivity index (χ0) is 26.0. The minimum absolute atomic E-state index is 0.0315. The van der Waals surface area contributed by atoms with Crippen molar-refractivity contribution in [3.63, 3.8) is 0 Å². The molecule has 1 heterocycles. The summed E-state index contributed by atoms with van der Waals surface area (Å²) < 4.78 is 17.4. The van der Waals surface area contributed by atoms with E-state index < -0.39 is 12.0 Å². The molecule has 0 aliphatic heterocycles. The molecule has 1 aromatic heterocycles. The highest BCUT2D eigenvalue weighted by molar-refractivity contribution is 5.94. The number of hydrogen-bond acceptors (Lipinski definition) is 7. The van der Waals surface area contributed by atoms with Crippen LogP contribution in [0.4, 0.5) is 0 Å². The highest BCUT2D eigenvalue weighted by Crippen LogP contribution is 2.38. The van der Waals surface area contributed by atoms with Gasteiger partial charge in [-0.15, -0.1) is 0 Å². The maximum atomic E-state index is 13.2. The third-order valence-electron chi connectivity index (χ3n) is 5.31. The van der Waals surface area contributed by atoms with Crippen molar-refractivity contribution in [2.24, 2.45) is 5.92 Å². The summed E-state index contributed by atoms with van der Waals surface area (Å²) in [4.78, 5) is 36.8. The highest BCUT2D eigenvalue weighted by Gasteiger charge is 2.24. The van der Waals surface area contributed by atoms with Crippen LogP contribution < -0.4 is 20.1 Å². The van der Waals surface area contributed by atoms with E-state index in [1.165, 1.54) is 7.11 Å². The smallest absolute Gasteiger partial charge is 0.325 e. The number of amides is 2. The quantitative estimate of drug-likeness (QED) is 0.416. The Labute approximate surface area is 206 Å². The van der Waals surface area contributed by atoms with E-state index in [0.29, 0.717) is 35.7 Å². The SMILES string of the molecule is CCCn1nc(C(=O)NC(CC(=O)NCC(=O)OC)CC(C)C)cc1-c1c(OC)cccc1OC. The molecule has 2 rings (SSSR count). The van der Waals surface area contributed by atoms with Crippen molar-refractivity contribution in [2.45, 2.75) is 52.6 Å². The lowest BCUT2D eigenvalue weighted by Crippen LogP contribution is -2.41. The molecule has 192 valence electrons. The van der Waals surface area contributed by atoms with Crippen LogP contribution in [0.25, 0.3) is 11.3 Å². The van der Waals surface area contributed by atoms with Gasteiger partial charge in [0, 0.05) is 19.0 Å². The summed E-state index contributed by atoms with van der Waals surface area (Å²) in [7, 11) is 4.41. The first kappa shape index (κ1) is 27.7. The number of carbonyl (C=O) groups excluding carboxylic acids is 3. The molecular weight excluding hydrogens is 452 g/mol. The van der Waals surface area contributed by atoms with Gasteiger partial charge in [-0.1, -0.05) is 26.8 Å². The first-order chi connectivity index (χ1) is 16.7. The Morgan fingerprint density at radius 2 is 1.74 bits per heavy atom. The van der Waals surface area contributed by atoms with E-state index in [1.54, 1.807) is 25.0 Å². The second-order valence-corrected chi connectivity index (χ2v) is 8.53. The zero-order valence-corrected chi connectivity index (χ0v) is 21.3. The summed E-state index contributed by atoms with van der Waals surface area (Å²) in [6.07, 6.45) is 1.42. The maximum absolute atomic E-state index is 13.2. The maximum Gasteiger partial charge on any atom is 0.325 e. The summed E-state index contributed by atoms with van der Waals surface area (Å²) >= 11 is 0. The van der Waals surface area contributed by atoms with Crippen LogP contribution in [0, 0.1) is 5.92 Å². The summed E-state index contributed by atoms with van der Waals surface area (Å²) in [5.74, 6) is 0.170. The molecule has 0 fully saturated rings. The molecular formula is C25H36N4O6. The van der Waals surface area contributed by atoms with Crippen LogP contribution >= 0.6 is 0 Å². The van der Waals surface area contributed by atoms with Crippen LogP contribution in [-0.4, -0.2) is 61.5 Å². The number of ether oxygens (including phenoxy) is 3. The fourth-order valence-electron chi connectivity index (χ4n) is 3.78. The molecule has 10 heteroatoms. The van der Waals surface area contributed by atoms with Gasteiger partial charge in [-0.25, -0.2) is 0 Å². The average Bonchev–Trinajstić information content (AvgIpc) is 3.25. The van der Waals surface area contributed by atoms with Crippen LogP contribution in [0.15, 0.2) is 24.3 Å². The van der Waals surface area contributed by atoms with Gasteiger partial charge in [0.25, 0.3) is 5.91 Å². The molecule has 0 saturated carbocycles. The Kier molecular flexibility index (Phi) is 10.6. The normalized spacial score (nSPS) is 11.6. The predicted molar refractivity (Wildman–Crippen MR) is 131 cm³/mol. The summed E-state index contributed by atoms with van der Waals surface area (Å²) in [5.41, 5.74) is 1.63. The molecule has 35 heavy (non-hydrogen) atoms. The number of nitrogens with zero attached hydrogens (tertiary/aromatic N) is 2. The van der Waals surface area contributed by atoms with Crippen molar-refractivity contribution in [2.75, 3.05) is 27.9 Å². The Bertz CT molecular complexity index is 995. The lowest BCUT2D eigenvalue weighted by Gasteiger charge is -2.19. The first-order valence-corrected chi connectivity index (χ1v) is 11.7. The number of aromatic nitrogens is 2. The number of esters is 1. The number of nitrogens with one attached hydrogen (secondary N) is 2. The van der Waals surface area contributed by atoms with Crippen LogP contribution in [0.1, 0.15) is 50.5 Å². The first-order valence-electron chi connectivity index (χ1n) is 11.7. The van der Waals surface area contributed by atoms with Crippen LogP contribution in [0.5, 0.6) is 11.5 Å². The number of methoxy groups -OCH3 is 3. The second kappa shape index (κ2) is 13.4. The van der Waals surface area contributed by atoms with E-state index >= 15 is 0 Å². The van der Waals surface area contributed by atoms with Gasteiger partial charge in [0.15, 0.2) is 5.69 Å². The summed E-state index contributed by atoms with van der Waals surface area (Å²) in [6, 6.07) is 6.76. The largest absolute Gasteiger partial charge is 0.496 e. The van der Waals surface area contributed by atoms with E-state index in [1.807, 2.05) is 39.0 Å². The van der Waals surface area contributed by atoms with Gasteiger partial charge in [-0.2, -0.15) is 5.10 Å². The predicted octanol–water partition coefficient (Wildman–Crippen LogP) is 2.80. The monoisotopic (exact) mass is 488 g/mol. The standard InChI is InChI=1S/C25H36N4O6/c1-7-11-29-19(24-20(33-4)9-8-10-21(24)34-5)14-18(28-29)25(32)27-17(12-16(2)3)13-22(30)26-15-23(31)35-6/h8-10,14,16-17H,7,11-13,15H2,1-6H3,(H,26,30)(H,27,32). The Balaban J connectivity index is 2.30. The van der Waals surface area contributed by atoms with E-state index in [2.05, 4.69) is 20.5 Å². The Morgan fingerprint density at radius 3 is 2.29 bits per heavy atom. The molecule has 1 unspecified atom stereocenters. The molecule has 2 aromatic rings. The molecule has 0 saturated heterocycles. The van der Waals surface area contributed by atoms with Crippen molar-refractivity contribution in [3.05, 3.63) is 30.0 Å². The minimum atomic E-state index is -0.538. The zero-order valence-electron chi connectivity index (χ0n) is 21.3. The fraction of sp³-hybridized carbons (Fsp3) is 0.520. The van der Waals surface area contributed by atoms with Crippen molar-refractivity contribution >= 4 is 17.8 Å². The van der Waals surface area contributed by atoms with Crippen molar-refractivity contribution in [1.82, 2.24) is 20.4 Å². The van der Waals surface area contributed by atoms with E-state index in [9.17, 15) is 14.4 Å². The molecule has 2 amide bonds. The molecule has 2 N–H and O–H groups in total. The molecule has 0 aliphatic carbocycles. The number of aryl methyl sites for hydroxylation is 1. The topological polar surface area (TPSA) is 121 Å². The number of hydrogen-bond donors (Lipinski definition) is 2. The third-order valence-corrected chi connectivity index (χ3v) is 5.31. The minimum Gasteiger partial charge on any atom is -0.496 e. The van der Waals surface area contributed by atoms with Gasteiger partial charge in [0.1, 0.15) is 18.0 Å². The Morgan fingerprint density at radius 1 is 1.09 bits per heavy atom. The van der Waals surface area contributed by atoms with Gasteiger partial charge < -0.3 is 24.8 Å². The van der Waals surface area contributed by atoms with Gasteiger partial charge in [-0.3, -0.25) is 19.1 Å². The summed E-state index contributed by atoms with van der Waals surface area (Å²) in [5, 5.41) is 9.99. The van der Waals surface area contributed by atoms with Gasteiger partial charge >= 0.3 is 5.97 Å². The van der Waals surface area contributed by atoms with Crippen LogP contribution in [-0.2, 0) is 20.9 Å². The van der Waals surface area contributed by atoms with Gasteiger partial charge in [0.05, 0.1) is 32.6 Å². The molecule has 1 atom stereocenters. The average molecular weight is 489 g/mol. The van der Waals surface area contributed by atoms with E-state index in [4.69, 9.17) is 9.47 Å². The number of rotatable bonds is 13. The lowest BCUT2D eigenvalue weighted by molar-refractivity contribution is -0.141. The van der Waals surface area contributed by atoms with Crippen molar-refractivity contribution < 1.29 is 28.6 Å². The molecule has 0 spiro atoms. The molecule has 0 bridgehead atoms. The van der Waals surface area contributed by atoms with Crippen LogP contribution in [0.3, 0.4) is 0 Å². The molecule has 0 radical (unpaired) electrons. The molecule has 0 aliphatic rings. The van der Waals surface area contributed by atoms with E-state index in [-0.39, 0.29) is 36.4 Å². The second-order valence-electron chi connectivity index (χ2n) is 8.53. The summed E-state index contributed by atoms with van der Waals surface area (Å²) in [6.45, 7) is 6.41. The fourth-order valence-corrected chi connectivity index (χ4v) is 3.78. The van der Waals surface area contributed by atoms with Gasteiger partial charge in [-0.05, 0) is 37.0 Å². The Hall–Kier alpha value is -3.56. The van der Waals surface area contributed by atoms with Crippen LogP contribution in [0.2, 0.25) is 0 Å². The van der Waals surface area contributed by atoms with Crippen molar-refractivity contribution in [3.8, 4) is 22.8 Å². The van der Waals surface area contributed by atoms with Gasteiger partial charge in [0.2, 0.25) is 5.91 Å². The number of carbonyl (C=O) groups is 3. The highest BCUT2D eigenvalue weighted by atomic mass is 16.5. The molecule has 10 nitrogen and oxygen atoms in total. The third kappa shape index (κ3) is 7.73.